The predicted molar refractivity (Wildman–Crippen MR) is 104 cm³/mol. The van der Waals surface area contributed by atoms with Crippen LogP contribution in [0.4, 0.5) is 11.4 Å². The van der Waals surface area contributed by atoms with Crippen LogP contribution in [0.2, 0.25) is 5.02 Å². The van der Waals surface area contributed by atoms with E-state index in [0.717, 1.165) is 0 Å². The van der Waals surface area contributed by atoms with E-state index in [4.69, 9.17) is 11.6 Å². The van der Waals surface area contributed by atoms with Crippen LogP contribution in [-0.2, 0) is 4.79 Å². The summed E-state index contributed by atoms with van der Waals surface area (Å²) in [5, 5.41) is 5.80. The second-order valence-electron chi connectivity index (χ2n) is 5.70. The van der Waals surface area contributed by atoms with E-state index in [1.165, 1.54) is 13.1 Å². The molecule has 136 valence electrons. The first-order valence-corrected chi connectivity index (χ1v) is 8.34. The van der Waals surface area contributed by atoms with Crippen LogP contribution in [0.3, 0.4) is 0 Å². The van der Waals surface area contributed by atoms with Crippen LogP contribution in [0.25, 0.3) is 11.4 Å². The quantitative estimate of drug-likeness (QED) is 0.643. The van der Waals surface area contributed by atoms with Gasteiger partial charge in [0.1, 0.15) is 11.4 Å². The Hall–Kier alpha value is -3.45. The van der Waals surface area contributed by atoms with Crippen molar-refractivity contribution in [3.8, 4) is 11.4 Å². The molecule has 2 amide bonds. The molecule has 0 aliphatic rings. The van der Waals surface area contributed by atoms with Gasteiger partial charge in [0, 0.05) is 35.1 Å². The molecule has 7 nitrogen and oxygen atoms in total. The molecule has 0 bridgehead atoms. The fraction of sp³-hybridized carbons (Fsp3) is 0.0526. The number of hydrogen-bond donors (Lipinski definition) is 3. The molecule has 0 radical (unpaired) electrons. The number of nitrogens with one attached hydrogen (secondary N) is 3. The third-order valence-electron chi connectivity index (χ3n) is 3.60. The molecule has 0 spiro atoms. The third-order valence-corrected chi connectivity index (χ3v) is 3.85. The number of halogens is 1. The molecule has 0 saturated heterocycles. The maximum absolute atomic E-state index is 12.4. The normalized spacial score (nSPS) is 10.3. The Morgan fingerprint density at radius 1 is 1.04 bits per heavy atom. The summed E-state index contributed by atoms with van der Waals surface area (Å²) in [6.45, 7) is 1.39. The molecule has 3 aromatic rings. The Kier molecular flexibility index (Phi) is 5.33. The van der Waals surface area contributed by atoms with Crippen LogP contribution >= 0.6 is 11.6 Å². The van der Waals surface area contributed by atoms with Gasteiger partial charge >= 0.3 is 0 Å². The first kappa shape index (κ1) is 18.3. The molecule has 3 rings (SSSR count). The lowest BCUT2D eigenvalue weighted by Gasteiger charge is -2.08. The SMILES string of the molecule is CC(=O)Nc1cccc(NC(=O)c2cnc(-c3ccc(Cl)cc3)[nH]c2=O)c1. The highest BCUT2D eigenvalue weighted by molar-refractivity contribution is 6.30. The molecule has 0 aliphatic carbocycles. The van der Waals surface area contributed by atoms with E-state index >= 15 is 0 Å². The van der Waals surface area contributed by atoms with Crippen molar-refractivity contribution >= 4 is 34.8 Å². The van der Waals surface area contributed by atoms with Gasteiger partial charge in [0.25, 0.3) is 11.5 Å². The molecular weight excluding hydrogens is 368 g/mol. The van der Waals surface area contributed by atoms with Gasteiger partial charge in [-0.15, -0.1) is 0 Å². The van der Waals surface area contributed by atoms with E-state index in [1.807, 2.05) is 0 Å². The summed E-state index contributed by atoms with van der Waals surface area (Å²) >= 11 is 5.84. The molecule has 0 fully saturated rings. The molecule has 1 aromatic heterocycles. The maximum Gasteiger partial charge on any atom is 0.264 e. The van der Waals surface area contributed by atoms with Gasteiger partial charge in [-0.3, -0.25) is 14.4 Å². The van der Waals surface area contributed by atoms with Gasteiger partial charge in [-0.05, 0) is 42.5 Å². The number of carbonyl (C=O) groups excluding carboxylic acids is 2. The lowest BCUT2D eigenvalue weighted by molar-refractivity contribution is -0.114. The number of hydrogen-bond acceptors (Lipinski definition) is 4. The molecule has 0 aliphatic heterocycles. The first-order chi connectivity index (χ1) is 12.9. The predicted octanol–water partition coefficient (Wildman–Crippen LogP) is 3.30. The number of anilines is 2. The van der Waals surface area contributed by atoms with Gasteiger partial charge in [0.05, 0.1) is 0 Å². The minimum absolute atomic E-state index is 0.127. The van der Waals surface area contributed by atoms with Gasteiger partial charge in [-0.25, -0.2) is 4.98 Å². The second kappa shape index (κ2) is 7.84. The maximum atomic E-state index is 12.4. The molecule has 2 aromatic carbocycles. The van der Waals surface area contributed by atoms with Crippen LogP contribution in [-0.4, -0.2) is 21.8 Å². The van der Waals surface area contributed by atoms with E-state index in [2.05, 4.69) is 20.6 Å². The monoisotopic (exact) mass is 382 g/mol. The average Bonchev–Trinajstić information content (AvgIpc) is 2.62. The summed E-state index contributed by atoms with van der Waals surface area (Å²) in [6, 6.07) is 13.4. The van der Waals surface area contributed by atoms with Crippen molar-refractivity contribution in [2.24, 2.45) is 0 Å². The van der Waals surface area contributed by atoms with E-state index < -0.39 is 11.5 Å². The minimum atomic E-state index is -0.605. The van der Waals surface area contributed by atoms with E-state index in [-0.39, 0.29) is 11.5 Å². The smallest absolute Gasteiger partial charge is 0.264 e. The number of rotatable bonds is 4. The average molecular weight is 383 g/mol. The fourth-order valence-corrected chi connectivity index (χ4v) is 2.51. The van der Waals surface area contributed by atoms with E-state index in [0.29, 0.717) is 27.8 Å². The van der Waals surface area contributed by atoms with Gasteiger partial charge in [0.15, 0.2) is 0 Å². The van der Waals surface area contributed by atoms with Crippen molar-refractivity contribution in [2.45, 2.75) is 6.92 Å². The lowest BCUT2D eigenvalue weighted by atomic mass is 10.2. The standard InChI is InChI=1S/C19H15ClN4O3/c1-11(25)22-14-3-2-4-15(9-14)23-18(26)16-10-21-17(24-19(16)27)12-5-7-13(20)8-6-12/h2-10H,1H3,(H,22,25)(H,23,26)(H,21,24,27). The third kappa shape index (κ3) is 4.59. The number of amides is 2. The largest absolute Gasteiger partial charge is 0.326 e. The topological polar surface area (TPSA) is 104 Å². The number of benzene rings is 2. The number of carbonyl (C=O) groups is 2. The van der Waals surface area contributed by atoms with Crippen molar-refractivity contribution in [1.82, 2.24) is 9.97 Å². The van der Waals surface area contributed by atoms with Crippen molar-refractivity contribution in [2.75, 3.05) is 10.6 Å². The van der Waals surface area contributed by atoms with Gasteiger partial charge < -0.3 is 15.6 Å². The highest BCUT2D eigenvalue weighted by atomic mass is 35.5. The molecule has 0 unspecified atom stereocenters. The van der Waals surface area contributed by atoms with Gasteiger partial charge in [-0.1, -0.05) is 17.7 Å². The molecule has 27 heavy (non-hydrogen) atoms. The summed E-state index contributed by atoms with van der Waals surface area (Å²) < 4.78 is 0. The lowest BCUT2D eigenvalue weighted by Crippen LogP contribution is -2.24. The molecule has 0 atom stereocenters. The number of H-pyrrole nitrogens is 1. The van der Waals surface area contributed by atoms with Crippen molar-refractivity contribution < 1.29 is 9.59 Å². The Labute approximate surface area is 159 Å². The zero-order valence-corrected chi connectivity index (χ0v) is 15.0. The highest BCUT2D eigenvalue weighted by Crippen LogP contribution is 2.18. The fourth-order valence-electron chi connectivity index (χ4n) is 2.39. The minimum Gasteiger partial charge on any atom is -0.326 e. The summed E-state index contributed by atoms with van der Waals surface area (Å²) in [6.07, 6.45) is 1.22. The summed E-state index contributed by atoms with van der Waals surface area (Å²) in [5.74, 6) is -0.496. The number of aromatic nitrogens is 2. The van der Waals surface area contributed by atoms with Crippen molar-refractivity contribution in [3.63, 3.8) is 0 Å². The van der Waals surface area contributed by atoms with Crippen LogP contribution in [0.5, 0.6) is 0 Å². The molecule has 3 N–H and O–H groups in total. The number of nitrogens with zero attached hydrogens (tertiary/aromatic N) is 1. The summed E-state index contributed by atoms with van der Waals surface area (Å²) in [4.78, 5) is 42.5. The van der Waals surface area contributed by atoms with Crippen molar-refractivity contribution in [3.05, 3.63) is 75.7 Å². The molecular formula is C19H15ClN4O3. The summed E-state index contributed by atoms with van der Waals surface area (Å²) in [5.41, 5.74) is 0.951. The second-order valence-corrected chi connectivity index (χ2v) is 6.13. The Morgan fingerprint density at radius 2 is 1.70 bits per heavy atom. The number of aromatic amines is 1. The zero-order chi connectivity index (χ0) is 19.4. The van der Waals surface area contributed by atoms with Crippen LogP contribution in [0.1, 0.15) is 17.3 Å². The zero-order valence-electron chi connectivity index (χ0n) is 14.2. The highest BCUT2D eigenvalue weighted by Gasteiger charge is 2.13. The van der Waals surface area contributed by atoms with Crippen LogP contribution in [0.15, 0.2) is 59.5 Å². The molecule has 8 heteroatoms. The Balaban J connectivity index is 1.80. The molecule has 1 heterocycles. The summed E-state index contributed by atoms with van der Waals surface area (Å²) in [7, 11) is 0. The van der Waals surface area contributed by atoms with Crippen LogP contribution in [0, 0.1) is 0 Å². The van der Waals surface area contributed by atoms with Crippen molar-refractivity contribution in [1.29, 1.82) is 0 Å². The molecule has 0 saturated carbocycles. The van der Waals surface area contributed by atoms with Crippen LogP contribution < -0.4 is 16.2 Å². The van der Waals surface area contributed by atoms with Gasteiger partial charge in [0.2, 0.25) is 5.91 Å². The van der Waals surface area contributed by atoms with E-state index in [9.17, 15) is 14.4 Å². The Bertz CT molecular complexity index is 1060. The first-order valence-electron chi connectivity index (χ1n) is 7.96. The van der Waals surface area contributed by atoms with E-state index in [1.54, 1.807) is 48.5 Å². The Morgan fingerprint density at radius 3 is 2.33 bits per heavy atom. The van der Waals surface area contributed by atoms with Gasteiger partial charge in [-0.2, -0.15) is 0 Å².